The SMILES string of the molecule is CC(C)CCCn1cn[nH]c1=S. The van der Waals surface area contributed by atoms with Gasteiger partial charge in [-0.15, -0.1) is 0 Å². The second-order valence-corrected chi connectivity index (χ2v) is 3.78. The van der Waals surface area contributed by atoms with Crippen LogP contribution in [0.3, 0.4) is 0 Å². The van der Waals surface area contributed by atoms with E-state index >= 15 is 0 Å². The highest BCUT2D eigenvalue weighted by Crippen LogP contribution is 2.04. The van der Waals surface area contributed by atoms with Crippen LogP contribution in [0, 0.1) is 10.7 Å². The summed E-state index contributed by atoms with van der Waals surface area (Å²) in [5.41, 5.74) is 0. The molecule has 1 rings (SSSR count). The molecule has 0 atom stereocenters. The minimum absolute atomic E-state index is 0.721. The molecule has 3 nitrogen and oxygen atoms in total. The van der Waals surface area contributed by atoms with E-state index in [0.29, 0.717) is 0 Å². The molecule has 1 N–H and O–H groups in total. The highest BCUT2D eigenvalue weighted by molar-refractivity contribution is 7.71. The van der Waals surface area contributed by atoms with Gasteiger partial charge in [0.1, 0.15) is 6.33 Å². The third-order valence-corrected chi connectivity index (χ3v) is 2.12. The van der Waals surface area contributed by atoms with E-state index in [1.807, 2.05) is 4.57 Å². The Labute approximate surface area is 77.8 Å². The van der Waals surface area contributed by atoms with Gasteiger partial charge in [-0.2, -0.15) is 5.10 Å². The minimum atomic E-state index is 0.721. The van der Waals surface area contributed by atoms with Gasteiger partial charge >= 0.3 is 0 Å². The summed E-state index contributed by atoms with van der Waals surface area (Å²) < 4.78 is 2.69. The van der Waals surface area contributed by atoms with E-state index < -0.39 is 0 Å². The molecule has 0 saturated heterocycles. The fourth-order valence-electron chi connectivity index (χ4n) is 1.10. The van der Waals surface area contributed by atoms with Crippen molar-refractivity contribution in [2.24, 2.45) is 5.92 Å². The van der Waals surface area contributed by atoms with Crippen LogP contribution in [0.15, 0.2) is 6.33 Å². The zero-order valence-electron chi connectivity index (χ0n) is 7.58. The average Bonchev–Trinajstić information content (AvgIpc) is 2.36. The van der Waals surface area contributed by atoms with Crippen LogP contribution in [-0.2, 0) is 6.54 Å². The monoisotopic (exact) mass is 185 g/mol. The molecular formula is C8H15N3S. The number of H-pyrrole nitrogens is 1. The molecule has 12 heavy (non-hydrogen) atoms. The highest BCUT2D eigenvalue weighted by Gasteiger charge is 1.96. The van der Waals surface area contributed by atoms with Gasteiger partial charge < -0.3 is 4.57 Å². The van der Waals surface area contributed by atoms with E-state index in [2.05, 4.69) is 24.0 Å². The Hall–Kier alpha value is -0.640. The quantitative estimate of drug-likeness (QED) is 0.731. The summed E-state index contributed by atoms with van der Waals surface area (Å²) in [5, 5.41) is 6.59. The molecule has 0 aliphatic carbocycles. The van der Waals surface area contributed by atoms with E-state index in [0.717, 1.165) is 17.2 Å². The first kappa shape index (κ1) is 9.45. The van der Waals surface area contributed by atoms with Gasteiger partial charge in [0.2, 0.25) is 0 Å². The molecule has 68 valence electrons. The third kappa shape index (κ3) is 2.77. The lowest BCUT2D eigenvalue weighted by Crippen LogP contribution is -1.98. The summed E-state index contributed by atoms with van der Waals surface area (Å²) in [6, 6.07) is 0. The van der Waals surface area contributed by atoms with Gasteiger partial charge in [0.15, 0.2) is 4.77 Å². The van der Waals surface area contributed by atoms with E-state index in [1.54, 1.807) is 6.33 Å². The van der Waals surface area contributed by atoms with Gasteiger partial charge in [-0.1, -0.05) is 13.8 Å². The van der Waals surface area contributed by atoms with Crippen LogP contribution in [-0.4, -0.2) is 14.8 Å². The van der Waals surface area contributed by atoms with Crippen molar-refractivity contribution in [1.82, 2.24) is 14.8 Å². The lowest BCUT2D eigenvalue weighted by atomic mass is 10.1. The molecule has 0 bridgehead atoms. The smallest absolute Gasteiger partial charge is 0.194 e. The largest absolute Gasteiger partial charge is 0.307 e. The van der Waals surface area contributed by atoms with Crippen LogP contribution >= 0.6 is 12.2 Å². The second kappa shape index (κ2) is 4.40. The Bertz CT molecular complexity index is 274. The Morgan fingerprint density at radius 3 is 2.92 bits per heavy atom. The predicted molar refractivity (Wildman–Crippen MR) is 51.5 cm³/mol. The number of nitrogens with one attached hydrogen (secondary N) is 1. The second-order valence-electron chi connectivity index (χ2n) is 3.39. The number of aryl methyl sites for hydroxylation is 1. The first-order valence-corrected chi connectivity index (χ1v) is 4.71. The third-order valence-electron chi connectivity index (χ3n) is 1.80. The van der Waals surface area contributed by atoms with Gasteiger partial charge in [-0.05, 0) is 31.0 Å². The highest BCUT2D eigenvalue weighted by atomic mass is 32.1. The molecule has 0 spiro atoms. The Balaban J connectivity index is 2.34. The fraction of sp³-hybridized carbons (Fsp3) is 0.750. The summed E-state index contributed by atoms with van der Waals surface area (Å²) in [6.07, 6.45) is 4.17. The van der Waals surface area contributed by atoms with Crippen molar-refractivity contribution in [3.05, 3.63) is 11.1 Å². The van der Waals surface area contributed by atoms with Gasteiger partial charge in [0.25, 0.3) is 0 Å². The lowest BCUT2D eigenvalue weighted by Gasteiger charge is -2.03. The summed E-state index contributed by atoms with van der Waals surface area (Å²) >= 11 is 5.01. The maximum Gasteiger partial charge on any atom is 0.194 e. The lowest BCUT2D eigenvalue weighted by molar-refractivity contribution is 0.509. The van der Waals surface area contributed by atoms with Crippen molar-refractivity contribution in [2.75, 3.05) is 0 Å². The molecule has 1 aromatic heterocycles. The van der Waals surface area contributed by atoms with Crippen LogP contribution in [0.5, 0.6) is 0 Å². The molecule has 0 radical (unpaired) electrons. The summed E-state index contributed by atoms with van der Waals surface area (Å²) in [4.78, 5) is 0. The molecule has 1 heterocycles. The Morgan fingerprint density at radius 2 is 2.42 bits per heavy atom. The molecule has 0 fully saturated rings. The first-order valence-electron chi connectivity index (χ1n) is 4.30. The fourth-order valence-corrected chi connectivity index (χ4v) is 1.29. The number of rotatable bonds is 4. The van der Waals surface area contributed by atoms with Crippen LogP contribution in [0.25, 0.3) is 0 Å². The zero-order valence-corrected chi connectivity index (χ0v) is 8.40. The number of aromatic nitrogens is 3. The average molecular weight is 185 g/mol. The van der Waals surface area contributed by atoms with Crippen molar-refractivity contribution < 1.29 is 0 Å². The van der Waals surface area contributed by atoms with E-state index in [9.17, 15) is 0 Å². The zero-order chi connectivity index (χ0) is 8.97. The van der Waals surface area contributed by atoms with Gasteiger partial charge in [-0.25, -0.2) is 0 Å². The van der Waals surface area contributed by atoms with Crippen molar-refractivity contribution in [2.45, 2.75) is 33.2 Å². The number of nitrogens with zero attached hydrogens (tertiary/aromatic N) is 2. The molecular weight excluding hydrogens is 170 g/mol. The molecule has 0 amide bonds. The van der Waals surface area contributed by atoms with Gasteiger partial charge in [-0.3, -0.25) is 5.10 Å². The first-order chi connectivity index (χ1) is 5.70. The molecule has 0 aliphatic rings. The Kier molecular flexibility index (Phi) is 3.47. The van der Waals surface area contributed by atoms with Crippen molar-refractivity contribution in [3.8, 4) is 0 Å². The number of hydrogen-bond acceptors (Lipinski definition) is 2. The minimum Gasteiger partial charge on any atom is -0.307 e. The maximum absolute atomic E-state index is 5.01. The van der Waals surface area contributed by atoms with Crippen LogP contribution in [0.1, 0.15) is 26.7 Å². The number of aromatic amines is 1. The topological polar surface area (TPSA) is 33.6 Å². The maximum atomic E-state index is 5.01. The molecule has 0 aromatic carbocycles. The van der Waals surface area contributed by atoms with E-state index in [-0.39, 0.29) is 0 Å². The standard InChI is InChI=1S/C8H15N3S/c1-7(2)4-3-5-11-6-9-10-8(11)12/h6-7H,3-5H2,1-2H3,(H,10,12). The van der Waals surface area contributed by atoms with Crippen molar-refractivity contribution >= 4 is 12.2 Å². The summed E-state index contributed by atoms with van der Waals surface area (Å²) in [7, 11) is 0. The van der Waals surface area contributed by atoms with Gasteiger partial charge in [0.05, 0.1) is 0 Å². The number of hydrogen-bond donors (Lipinski definition) is 1. The molecule has 1 aromatic rings. The normalized spacial score (nSPS) is 10.9. The van der Waals surface area contributed by atoms with Gasteiger partial charge in [0, 0.05) is 6.54 Å². The summed E-state index contributed by atoms with van der Waals surface area (Å²) in [5.74, 6) is 0.770. The van der Waals surface area contributed by atoms with E-state index in [1.165, 1.54) is 12.8 Å². The van der Waals surface area contributed by atoms with Crippen molar-refractivity contribution in [1.29, 1.82) is 0 Å². The van der Waals surface area contributed by atoms with Crippen LogP contribution in [0.4, 0.5) is 0 Å². The summed E-state index contributed by atoms with van der Waals surface area (Å²) in [6.45, 7) is 5.44. The van der Waals surface area contributed by atoms with Crippen LogP contribution in [0.2, 0.25) is 0 Å². The van der Waals surface area contributed by atoms with Crippen molar-refractivity contribution in [3.63, 3.8) is 0 Å². The molecule has 0 unspecified atom stereocenters. The molecule has 0 aliphatic heterocycles. The predicted octanol–water partition coefficient (Wildman–Crippen LogP) is 2.38. The molecule has 0 saturated carbocycles. The van der Waals surface area contributed by atoms with Crippen LogP contribution < -0.4 is 0 Å². The molecule has 4 heteroatoms. The van der Waals surface area contributed by atoms with E-state index in [4.69, 9.17) is 12.2 Å². The Morgan fingerprint density at radius 1 is 1.67 bits per heavy atom.